The third-order valence-electron chi connectivity index (χ3n) is 6.31. The average Bonchev–Trinajstić information content (AvgIpc) is 3.06. The Kier molecular flexibility index (Phi) is 7.99. The number of carbonyl (C=O) groups excluding carboxylic acids is 2. The number of pyridine rings is 2. The van der Waals surface area contributed by atoms with Crippen LogP contribution in [-0.2, 0) is 11.3 Å². The summed E-state index contributed by atoms with van der Waals surface area (Å²) in [7, 11) is 0. The number of hydrogen-bond donors (Lipinski definition) is 2. The predicted octanol–water partition coefficient (Wildman–Crippen LogP) is 6.55. The number of rotatable bonds is 8. The van der Waals surface area contributed by atoms with Crippen molar-refractivity contribution < 1.29 is 28.9 Å². The highest BCUT2D eigenvalue weighted by Crippen LogP contribution is 2.36. The van der Waals surface area contributed by atoms with E-state index in [1.165, 1.54) is 30.7 Å². The van der Waals surface area contributed by atoms with E-state index in [0.29, 0.717) is 28.1 Å². The quantitative estimate of drug-likeness (QED) is 0.149. The van der Waals surface area contributed by atoms with Gasteiger partial charge in [-0.15, -0.1) is 0 Å². The van der Waals surface area contributed by atoms with Crippen LogP contribution in [0.3, 0.4) is 0 Å². The minimum absolute atomic E-state index is 0.00403. The molecule has 0 aliphatic heterocycles. The molecule has 0 saturated carbocycles. The Labute approximate surface area is 250 Å². The number of ether oxygens (including phenoxy) is 3. The van der Waals surface area contributed by atoms with Crippen molar-refractivity contribution in [2.24, 2.45) is 0 Å². The molecule has 1 amide bonds. The van der Waals surface area contributed by atoms with Crippen LogP contribution < -0.4 is 14.8 Å². The zero-order valence-electron chi connectivity index (χ0n) is 23.0. The van der Waals surface area contributed by atoms with E-state index in [1.54, 1.807) is 24.3 Å². The molecule has 0 bridgehead atoms. The third-order valence-corrected chi connectivity index (χ3v) is 6.31. The zero-order chi connectivity index (χ0) is 30.3. The predicted molar refractivity (Wildman–Crippen MR) is 160 cm³/mol. The number of carbonyl (C=O) groups is 2. The Morgan fingerprint density at radius 3 is 2.34 bits per heavy atom. The van der Waals surface area contributed by atoms with Gasteiger partial charge in [-0.2, -0.15) is 0 Å². The van der Waals surface area contributed by atoms with E-state index in [4.69, 9.17) is 14.2 Å². The average molecular weight is 586 g/mol. The molecule has 11 heteroatoms. The Hall–Kier alpha value is -6.36. The largest absolute Gasteiger partial charge is 0.514 e. The van der Waals surface area contributed by atoms with Gasteiger partial charge in [0.25, 0.3) is 5.91 Å². The maximum absolute atomic E-state index is 12.8. The second kappa shape index (κ2) is 12.7. The number of anilines is 1. The fourth-order valence-corrected chi connectivity index (χ4v) is 4.19. The number of benzene rings is 3. The number of nitrogens with zero attached hydrogens (tertiary/aromatic N) is 4. The summed E-state index contributed by atoms with van der Waals surface area (Å²) >= 11 is 0. The highest BCUT2D eigenvalue weighted by molar-refractivity contribution is 6.01. The van der Waals surface area contributed by atoms with Crippen molar-refractivity contribution in [1.82, 2.24) is 19.9 Å². The second-order valence-electron chi connectivity index (χ2n) is 9.34. The molecule has 0 aliphatic rings. The molecule has 3 aromatic heterocycles. The van der Waals surface area contributed by atoms with Gasteiger partial charge in [-0.1, -0.05) is 60.7 Å². The minimum atomic E-state index is -0.968. The summed E-state index contributed by atoms with van der Waals surface area (Å²) in [4.78, 5) is 41.9. The van der Waals surface area contributed by atoms with Gasteiger partial charge in [0, 0.05) is 29.4 Å². The first-order valence-corrected chi connectivity index (χ1v) is 13.4. The molecule has 216 valence electrons. The van der Waals surface area contributed by atoms with Crippen molar-refractivity contribution in [3.63, 3.8) is 0 Å². The van der Waals surface area contributed by atoms with Gasteiger partial charge in [-0.05, 0) is 35.9 Å². The van der Waals surface area contributed by atoms with Crippen molar-refractivity contribution in [1.29, 1.82) is 0 Å². The second-order valence-corrected chi connectivity index (χ2v) is 9.34. The molecular weight excluding hydrogens is 562 g/mol. The lowest BCUT2D eigenvalue weighted by Crippen LogP contribution is -2.16. The first kappa shape index (κ1) is 27.8. The molecule has 0 saturated heterocycles. The molecule has 6 aromatic rings. The number of fused-ring (bicyclic) bond motifs is 1. The molecule has 44 heavy (non-hydrogen) atoms. The van der Waals surface area contributed by atoms with E-state index < -0.39 is 12.1 Å². The van der Waals surface area contributed by atoms with Gasteiger partial charge in [0.15, 0.2) is 11.5 Å². The fourth-order valence-electron chi connectivity index (χ4n) is 4.19. The minimum Gasteiger partial charge on any atom is -0.504 e. The fraction of sp³-hybridized carbons (Fsp3) is 0.0303. The van der Waals surface area contributed by atoms with E-state index >= 15 is 0 Å². The number of nitrogens with one attached hydrogen (secondary N) is 1. The van der Waals surface area contributed by atoms with E-state index in [1.807, 2.05) is 60.7 Å². The van der Waals surface area contributed by atoms with E-state index in [0.717, 1.165) is 11.1 Å². The zero-order valence-corrected chi connectivity index (χ0v) is 23.0. The molecule has 0 atom stereocenters. The number of aromatic hydroxyl groups is 1. The van der Waals surface area contributed by atoms with Gasteiger partial charge >= 0.3 is 6.16 Å². The van der Waals surface area contributed by atoms with Crippen molar-refractivity contribution in [2.45, 2.75) is 6.61 Å². The van der Waals surface area contributed by atoms with Crippen LogP contribution in [-0.4, -0.2) is 37.1 Å². The monoisotopic (exact) mass is 585 g/mol. The number of amides is 1. The molecule has 0 unspecified atom stereocenters. The van der Waals surface area contributed by atoms with Gasteiger partial charge in [0.1, 0.15) is 23.9 Å². The normalized spacial score (nSPS) is 10.6. The van der Waals surface area contributed by atoms with Gasteiger partial charge in [-0.3, -0.25) is 9.78 Å². The van der Waals surface area contributed by atoms with Crippen LogP contribution in [0.5, 0.6) is 23.0 Å². The molecule has 0 spiro atoms. The molecular formula is C33H23N5O6. The summed E-state index contributed by atoms with van der Waals surface area (Å²) in [6.45, 7) is 0.0238. The first-order chi connectivity index (χ1) is 21.5. The third kappa shape index (κ3) is 6.58. The number of phenols is 1. The van der Waals surface area contributed by atoms with E-state index in [9.17, 15) is 14.7 Å². The van der Waals surface area contributed by atoms with Crippen LogP contribution in [0.15, 0.2) is 116 Å². The lowest BCUT2D eigenvalue weighted by Gasteiger charge is -2.12. The van der Waals surface area contributed by atoms with E-state index in [-0.39, 0.29) is 29.7 Å². The van der Waals surface area contributed by atoms with Crippen molar-refractivity contribution >= 4 is 28.8 Å². The molecule has 11 nitrogen and oxygen atoms in total. The van der Waals surface area contributed by atoms with Crippen molar-refractivity contribution in [2.75, 3.05) is 5.32 Å². The highest BCUT2D eigenvalue weighted by atomic mass is 16.7. The summed E-state index contributed by atoms with van der Waals surface area (Å²) in [5, 5.41) is 13.7. The molecule has 3 heterocycles. The standard InChI is InChI=1S/C33H23N5O6/c39-27-17-24-26(18-29(27)44-33(41)42-20-21-7-3-1-4-8-21)34-16-14-28(24)43-23-11-12-30(36-19-23)38-32(40)31-35-15-13-25(37-31)22-9-5-2-6-10-22/h1-19,39H,20H2,(H,36,38,40). The maximum atomic E-state index is 12.8. The maximum Gasteiger partial charge on any atom is 0.514 e. The summed E-state index contributed by atoms with van der Waals surface area (Å²) in [5.74, 6) is 0.0810. The Bertz CT molecular complexity index is 1940. The summed E-state index contributed by atoms with van der Waals surface area (Å²) in [5.41, 5.74) is 2.69. The SMILES string of the molecule is O=C(OCc1ccccc1)Oc1cc2nccc(Oc3ccc(NC(=O)c4nccc(-c5ccccc5)n4)nc3)c2cc1O. The van der Waals surface area contributed by atoms with Gasteiger partial charge in [0.05, 0.1) is 17.4 Å². The Balaban J connectivity index is 1.11. The van der Waals surface area contributed by atoms with Crippen molar-refractivity contribution in [3.8, 4) is 34.3 Å². The lowest BCUT2D eigenvalue weighted by molar-refractivity contribution is 0.0917. The van der Waals surface area contributed by atoms with Crippen LogP contribution in [0.2, 0.25) is 0 Å². The topological polar surface area (TPSA) is 146 Å². The highest BCUT2D eigenvalue weighted by Gasteiger charge is 2.16. The molecule has 2 N–H and O–H groups in total. The number of hydrogen-bond acceptors (Lipinski definition) is 10. The van der Waals surface area contributed by atoms with Crippen LogP contribution >= 0.6 is 0 Å². The lowest BCUT2D eigenvalue weighted by atomic mass is 10.1. The number of phenolic OH excluding ortho intramolecular Hbond substituents is 1. The van der Waals surface area contributed by atoms with Crippen LogP contribution in [0.4, 0.5) is 10.6 Å². The van der Waals surface area contributed by atoms with Crippen LogP contribution in [0, 0.1) is 0 Å². The van der Waals surface area contributed by atoms with Gasteiger partial charge < -0.3 is 24.6 Å². The molecule has 0 fully saturated rings. The molecule has 6 rings (SSSR count). The Morgan fingerprint density at radius 2 is 1.57 bits per heavy atom. The first-order valence-electron chi connectivity index (χ1n) is 13.4. The van der Waals surface area contributed by atoms with Gasteiger partial charge in [0.2, 0.25) is 5.82 Å². The summed E-state index contributed by atoms with van der Waals surface area (Å²) in [6, 6.07) is 27.9. The van der Waals surface area contributed by atoms with Crippen molar-refractivity contribution in [3.05, 3.63) is 127 Å². The molecule has 0 radical (unpaired) electrons. The van der Waals surface area contributed by atoms with Gasteiger partial charge in [-0.25, -0.2) is 19.7 Å². The Morgan fingerprint density at radius 1 is 0.795 bits per heavy atom. The van der Waals surface area contributed by atoms with E-state index in [2.05, 4.69) is 25.3 Å². The van der Waals surface area contributed by atoms with Crippen LogP contribution in [0.1, 0.15) is 16.2 Å². The smallest absolute Gasteiger partial charge is 0.504 e. The summed E-state index contributed by atoms with van der Waals surface area (Å²) in [6.07, 6.45) is 3.50. The summed E-state index contributed by atoms with van der Waals surface area (Å²) < 4.78 is 16.3. The number of aromatic nitrogens is 4. The molecule has 0 aliphatic carbocycles. The van der Waals surface area contributed by atoms with Crippen LogP contribution in [0.25, 0.3) is 22.2 Å². The molecule has 3 aromatic carbocycles.